The number of carboxylic acids is 1. The van der Waals surface area contributed by atoms with Gasteiger partial charge in [0.1, 0.15) is 4.88 Å². The molecule has 1 aromatic rings. The largest absolute Gasteiger partial charge is 0.477 e. The van der Waals surface area contributed by atoms with E-state index >= 15 is 0 Å². The molecule has 1 aliphatic carbocycles. The Bertz CT molecular complexity index is 489. The molecule has 0 radical (unpaired) electrons. The van der Waals surface area contributed by atoms with Crippen LogP contribution in [-0.4, -0.2) is 23.5 Å². The smallest absolute Gasteiger partial charge is 0.348 e. The van der Waals surface area contributed by atoms with Gasteiger partial charge in [-0.2, -0.15) is 0 Å². The van der Waals surface area contributed by atoms with Crippen molar-refractivity contribution in [2.45, 2.75) is 39.5 Å². The van der Waals surface area contributed by atoms with Gasteiger partial charge in [0.05, 0.1) is 5.69 Å². The number of carbonyl (C=O) groups is 2. The van der Waals surface area contributed by atoms with Crippen LogP contribution in [0.15, 0.2) is 11.4 Å². The van der Waals surface area contributed by atoms with Crippen LogP contribution in [0.1, 0.15) is 49.2 Å². The zero-order valence-electron chi connectivity index (χ0n) is 12.0. The maximum atomic E-state index is 12.6. The Morgan fingerprint density at radius 1 is 1.35 bits per heavy atom. The second-order valence-corrected chi connectivity index (χ2v) is 6.40. The molecule has 0 bridgehead atoms. The lowest BCUT2D eigenvalue weighted by molar-refractivity contribution is -0.123. The Kier molecular flexibility index (Phi) is 4.81. The first-order valence-electron chi connectivity index (χ1n) is 7.16. The minimum absolute atomic E-state index is 0.0488. The van der Waals surface area contributed by atoms with Gasteiger partial charge >= 0.3 is 5.97 Å². The van der Waals surface area contributed by atoms with Crippen LogP contribution in [0, 0.1) is 11.8 Å². The molecule has 1 amide bonds. The van der Waals surface area contributed by atoms with Crippen molar-refractivity contribution in [3.05, 3.63) is 16.3 Å². The van der Waals surface area contributed by atoms with Gasteiger partial charge < -0.3 is 10.0 Å². The molecule has 4 nitrogen and oxygen atoms in total. The number of carboxylic acid groups (broad SMARTS) is 1. The number of nitrogens with zero attached hydrogens (tertiary/aromatic N) is 1. The van der Waals surface area contributed by atoms with Crippen LogP contribution >= 0.6 is 11.3 Å². The van der Waals surface area contributed by atoms with Crippen molar-refractivity contribution in [3.8, 4) is 0 Å². The lowest BCUT2D eigenvalue weighted by Crippen LogP contribution is -2.38. The topological polar surface area (TPSA) is 57.6 Å². The second-order valence-electron chi connectivity index (χ2n) is 5.48. The van der Waals surface area contributed by atoms with Gasteiger partial charge in [0.25, 0.3) is 0 Å². The van der Waals surface area contributed by atoms with Gasteiger partial charge in [0, 0.05) is 12.5 Å². The fraction of sp³-hybridized carbons (Fsp3) is 0.600. The van der Waals surface area contributed by atoms with Gasteiger partial charge in [-0.3, -0.25) is 4.79 Å². The molecule has 0 unspecified atom stereocenters. The van der Waals surface area contributed by atoms with Crippen LogP contribution in [0.3, 0.4) is 0 Å². The van der Waals surface area contributed by atoms with E-state index in [9.17, 15) is 14.7 Å². The lowest BCUT2D eigenvalue weighted by Gasteiger charge is -2.30. The third kappa shape index (κ3) is 3.03. The highest BCUT2D eigenvalue weighted by Gasteiger charge is 2.30. The predicted octanol–water partition coefficient (Wildman–Crippen LogP) is 3.63. The predicted molar refractivity (Wildman–Crippen MR) is 80.4 cm³/mol. The van der Waals surface area contributed by atoms with Crippen LogP contribution in [-0.2, 0) is 4.79 Å². The molecule has 1 saturated carbocycles. The number of carbonyl (C=O) groups excluding carboxylic acids is 1. The van der Waals surface area contributed by atoms with E-state index in [1.807, 2.05) is 6.92 Å². The normalized spacial score (nSPS) is 22.5. The number of hydrogen-bond donors (Lipinski definition) is 1. The molecule has 1 aliphatic rings. The van der Waals surface area contributed by atoms with Crippen molar-refractivity contribution < 1.29 is 14.7 Å². The molecule has 1 aromatic heterocycles. The fourth-order valence-electron chi connectivity index (χ4n) is 2.85. The summed E-state index contributed by atoms with van der Waals surface area (Å²) in [5.41, 5.74) is 0.550. The first-order valence-corrected chi connectivity index (χ1v) is 8.04. The third-order valence-corrected chi connectivity index (χ3v) is 4.97. The van der Waals surface area contributed by atoms with Gasteiger partial charge in [-0.05, 0) is 50.0 Å². The zero-order chi connectivity index (χ0) is 14.7. The molecule has 5 heteroatoms. The quantitative estimate of drug-likeness (QED) is 0.923. The number of hydrogen-bond acceptors (Lipinski definition) is 3. The van der Waals surface area contributed by atoms with Crippen molar-refractivity contribution >= 4 is 28.9 Å². The number of amides is 1. The monoisotopic (exact) mass is 295 g/mol. The number of anilines is 1. The summed E-state index contributed by atoms with van der Waals surface area (Å²) in [7, 11) is 0. The molecular formula is C15H21NO3S. The van der Waals surface area contributed by atoms with Crippen LogP contribution in [0.25, 0.3) is 0 Å². The van der Waals surface area contributed by atoms with Crippen molar-refractivity contribution in [2.24, 2.45) is 11.8 Å². The van der Waals surface area contributed by atoms with Gasteiger partial charge in [-0.25, -0.2) is 4.79 Å². The standard InChI is InChI=1S/C15H21NO3S/c1-3-16(12-8-9-20-13(12)15(18)19)14(17)11-6-4-10(2)5-7-11/h8-11H,3-7H2,1-2H3,(H,18,19)/t10-,11-. The summed E-state index contributed by atoms with van der Waals surface area (Å²) in [5, 5.41) is 10.9. The van der Waals surface area contributed by atoms with E-state index < -0.39 is 5.97 Å². The number of rotatable bonds is 4. The first-order chi connectivity index (χ1) is 9.54. The van der Waals surface area contributed by atoms with Crippen molar-refractivity contribution in [1.29, 1.82) is 0 Å². The van der Waals surface area contributed by atoms with E-state index in [4.69, 9.17) is 0 Å². The minimum atomic E-state index is -0.960. The van der Waals surface area contributed by atoms with E-state index in [2.05, 4.69) is 6.92 Å². The summed E-state index contributed by atoms with van der Waals surface area (Å²) in [6.07, 6.45) is 4.01. The first kappa shape index (κ1) is 15.0. The Hall–Kier alpha value is -1.36. The molecular weight excluding hydrogens is 274 g/mol. The summed E-state index contributed by atoms with van der Waals surface area (Å²) in [6.45, 7) is 4.63. The van der Waals surface area contributed by atoms with E-state index in [-0.39, 0.29) is 16.7 Å². The molecule has 1 fully saturated rings. The average molecular weight is 295 g/mol. The Labute approximate surface area is 123 Å². The van der Waals surface area contributed by atoms with Crippen molar-refractivity contribution in [2.75, 3.05) is 11.4 Å². The van der Waals surface area contributed by atoms with Gasteiger partial charge in [-0.15, -0.1) is 11.3 Å². The summed E-state index contributed by atoms with van der Waals surface area (Å²) < 4.78 is 0. The molecule has 0 saturated heterocycles. The summed E-state index contributed by atoms with van der Waals surface area (Å²) in [4.78, 5) is 25.8. The molecule has 1 N–H and O–H groups in total. The average Bonchev–Trinajstić information content (AvgIpc) is 2.89. The van der Waals surface area contributed by atoms with Crippen LogP contribution in [0.5, 0.6) is 0 Å². The van der Waals surface area contributed by atoms with E-state index in [0.29, 0.717) is 18.2 Å². The summed E-state index contributed by atoms with van der Waals surface area (Å²) in [6, 6.07) is 1.74. The molecule has 0 aromatic carbocycles. The Morgan fingerprint density at radius 3 is 2.55 bits per heavy atom. The molecule has 1 heterocycles. The van der Waals surface area contributed by atoms with Crippen LogP contribution < -0.4 is 4.90 Å². The maximum Gasteiger partial charge on any atom is 0.348 e. The summed E-state index contributed by atoms with van der Waals surface area (Å²) in [5.74, 6) is -0.128. The fourth-order valence-corrected chi connectivity index (χ4v) is 3.58. The minimum Gasteiger partial charge on any atom is -0.477 e. The highest BCUT2D eigenvalue weighted by molar-refractivity contribution is 7.12. The Balaban J connectivity index is 2.17. The SMILES string of the molecule is CCN(c1ccsc1C(=O)O)C(=O)[C@H]1CC[C@H](C)CC1. The molecule has 20 heavy (non-hydrogen) atoms. The van der Waals surface area contributed by atoms with E-state index in [0.717, 1.165) is 25.7 Å². The van der Waals surface area contributed by atoms with E-state index in [1.165, 1.54) is 11.3 Å². The molecule has 0 aliphatic heterocycles. The van der Waals surface area contributed by atoms with Crippen LogP contribution in [0.4, 0.5) is 5.69 Å². The second kappa shape index (κ2) is 6.39. The molecule has 0 spiro atoms. The van der Waals surface area contributed by atoms with Crippen molar-refractivity contribution in [1.82, 2.24) is 0 Å². The molecule has 110 valence electrons. The highest BCUT2D eigenvalue weighted by atomic mass is 32.1. The van der Waals surface area contributed by atoms with Gasteiger partial charge in [-0.1, -0.05) is 6.92 Å². The third-order valence-electron chi connectivity index (χ3n) is 4.08. The maximum absolute atomic E-state index is 12.6. The highest BCUT2D eigenvalue weighted by Crippen LogP contribution is 2.33. The van der Waals surface area contributed by atoms with Gasteiger partial charge in [0.15, 0.2) is 0 Å². The summed E-state index contributed by atoms with van der Waals surface area (Å²) >= 11 is 1.17. The van der Waals surface area contributed by atoms with Crippen LogP contribution in [0.2, 0.25) is 0 Å². The Morgan fingerprint density at radius 2 is 2.00 bits per heavy atom. The molecule has 2 rings (SSSR count). The lowest BCUT2D eigenvalue weighted by atomic mass is 9.82. The number of thiophene rings is 1. The molecule has 0 atom stereocenters. The number of aromatic carboxylic acids is 1. The van der Waals surface area contributed by atoms with Gasteiger partial charge in [0.2, 0.25) is 5.91 Å². The van der Waals surface area contributed by atoms with E-state index in [1.54, 1.807) is 16.3 Å². The van der Waals surface area contributed by atoms with Crippen molar-refractivity contribution in [3.63, 3.8) is 0 Å². The zero-order valence-corrected chi connectivity index (χ0v) is 12.8.